The molecule has 2 saturated heterocycles. The van der Waals surface area contributed by atoms with Crippen molar-refractivity contribution in [2.24, 2.45) is 5.11 Å². The molecule has 0 radical (unpaired) electrons. The summed E-state index contributed by atoms with van der Waals surface area (Å²) in [6.07, 6.45) is -6.97. The number of hydrogen-bond acceptors (Lipinski definition) is 18. The van der Waals surface area contributed by atoms with Crippen molar-refractivity contribution >= 4 is 47.6 Å². The zero-order valence-electron chi connectivity index (χ0n) is 29.8. The number of esters is 6. The number of aromatic nitrogens is 3. The van der Waals surface area contributed by atoms with E-state index in [0.717, 1.165) is 53.3 Å². The van der Waals surface area contributed by atoms with Crippen molar-refractivity contribution < 1.29 is 71.1 Å². The van der Waals surface area contributed by atoms with Crippen LogP contribution in [-0.2, 0) is 66.7 Å². The highest BCUT2D eigenvalue weighted by Gasteiger charge is 2.56. The van der Waals surface area contributed by atoms with Crippen molar-refractivity contribution in [1.82, 2.24) is 15.0 Å². The Morgan fingerprint density at radius 3 is 1.85 bits per heavy atom. The fraction of sp³-hybridized carbons (Fsp3) is 0.562. The molecule has 2 aromatic rings. The molecule has 0 amide bonds. The van der Waals surface area contributed by atoms with Crippen LogP contribution in [0.15, 0.2) is 35.6 Å². The number of azide groups is 1. The largest absolute Gasteiger partial charge is 0.463 e. The highest BCUT2D eigenvalue weighted by Crippen LogP contribution is 2.44. The summed E-state index contributed by atoms with van der Waals surface area (Å²) in [7, 11) is 0. The van der Waals surface area contributed by atoms with Crippen LogP contribution in [0.1, 0.15) is 47.6 Å². The van der Waals surface area contributed by atoms with Crippen LogP contribution < -0.4 is 0 Å². The molecule has 20 nitrogen and oxygen atoms in total. The first kappa shape index (κ1) is 41.4. The average molecular weight is 781 g/mol. The molecule has 2 aliphatic rings. The molecule has 22 heteroatoms. The monoisotopic (exact) mass is 780 g/mol. The van der Waals surface area contributed by atoms with Gasteiger partial charge in [-0.15, -0.1) is 5.10 Å². The minimum Gasteiger partial charge on any atom is -0.463 e. The molecule has 1 aromatic carbocycles. The number of benzene rings is 1. The SMILES string of the molecule is CC(=O)OCC1O[C@@H](SC2O[C@H](COC(C)=O)C(OC(C)=O)C(N=[N+]=[N-])[C@H]2OC(C)=O)[C@@H](OC(C)=O)C(n2cc(-c3cccc(F)c3)nn2)[C@H]1OC(C)=O. The van der Waals surface area contributed by atoms with E-state index in [0.29, 0.717) is 5.56 Å². The summed E-state index contributed by atoms with van der Waals surface area (Å²) in [6, 6.07) is 2.72. The fourth-order valence-corrected chi connectivity index (χ4v) is 7.23. The Hall–Kier alpha value is -5.31. The summed E-state index contributed by atoms with van der Waals surface area (Å²) < 4.78 is 60.7. The van der Waals surface area contributed by atoms with E-state index in [9.17, 15) is 38.7 Å². The van der Waals surface area contributed by atoms with Crippen LogP contribution in [0.4, 0.5) is 4.39 Å². The maximum atomic E-state index is 14.1. The van der Waals surface area contributed by atoms with E-state index in [-0.39, 0.29) is 5.69 Å². The second-order valence-electron chi connectivity index (χ2n) is 11.9. The van der Waals surface area contributed by atoms with Gasteiger partial charge < -0.3 is 37.9 Å². The Morgan fingerprint density at radius 2 is 1.31 bits per heavy atom. The Kier molecular flexibility index (Phi) is 14.3. The summed E-state index contributed by atoms with van der Waals surface area (Å²) in [4.78, 5) is 76.4. The number of nitrogens with zero attached hydrogens (tertiary/aromatic N) is 6. The molecule has 4 rings (SSSR count). The highest BCUT2D eigenvalue weighted by molar-refractivity contribution is 8.00. The molecule has 0 saturated carbocycles. The van der Waals surface area contributed by atoms with Gasteiger partial charge in [0.05, 0.1) is 6.20 Å². The number of thioether (sulfide) groups is 1. The van der Waals surface area contributed by atoms with Gasteiger partial charge in [0.1, 0.15) is 72.1 Å². The maximum Gasteiger partial charge on any atom is 0.303 e. The van der Waals surface area contributed by atoms with Gasteiger partial charge in [0.2, 0.25) is 0 Å². The first-order valence-electron chi connectivity index (χ1n) is 16.2. The highest BCUT2D eigenvalue weighted by atomic mass is 32.2. The third-order valence-electron chi connectivity index (χ3n) is 7.73. The van der Waals surface area contributed by atoms with Gasteiger partial charge in [0.25, 0.3) is 0 Å². The molecule has 0 spiro atoms. The molecular weight excluding hydrogens is 743 g/mol. The van der Waals surface area contributed by atoms with Gasteiger partial charge in [-0.3, -0.25) is 28.8 Å². The summed E-state index contributed by atoms with van der Waals surface area (Å²) >= 11 is 0.737. The summed E-state index contributed by atoms with van der Waals surface area (Å²) in [6.45, 7) is 5.59. The van der Waals surface area contributed by atoms with Gasteiger partial charge >= 0.3 is 35.8 Å². The predicted octanol–water partition coefficient (Wildman–Crippen LogP) is 2.34. The second-order valence-corrected chi connectivity index (χ2v) is 13.1. The summed E-state index contributed by atoms with van der Waals surface area (Å²) in [5.74, 6) is -5.32. The quantitative estimate of drug-likeness (QED) is 0.0929. The lowest BCUT2D eigenvalue weighted by molar-refractivity contribution is -0.214. The molecule has 0 aliphatic carbocycles. The lowest BCUT2D eigenvalue weighted by atomic mass is 9.96. The minimum atomic E-state index is -1.51. The van der Waals surface area contributed by atoms with Crippen LogP contribution in [-0.4, -0.2) is 118 Å². The lowest BCUT2D eigenvalue weighted by Crippen LogP contribution is -2.62. The smallest absolute Gasteiger partial charge is 0.303 e. The van der Waals surface area contributed by atoms with E-state index in [4.69, 9.17) is 37.9 Å². The van der Waals surface area contributed by atoms with Crippen LogP contribution in [0.3, 0.4) is 0 Å². The molecule has 2 aliphatic heterocycles. The molecule has 2 fully saturated rings. The molecule has 292 valence electrons. The van der Waals surface area contributed by atoms with Crippen LogP contribution in [0.25, 0.3) is 21.7 Å². The standard InChI is InChI=1S/C32H37FN6O14S/c1-14(40)46-12-23-27(48-16(3)42)25(36-37-34)29(50-18(5)44)31(52-23)54-32-30(51-19(6)45)26(28(49-17(4)43)24(53-32)13-47-15(2)41)39-11-22(35-38-39)20-8-7-9-21(33)10-20/h7-11,23-32H,12-13H2,1-6H3/t23-,24?,25?,26?,27?,28+,29-,30+,31?,32+/m1/s1. The number of hydrogen-bond donors (Lipinski definition) is 0. The zero-order chi connectivity index (χ0) is 39.7. The third kappa shape index (κ3) is 10.9. The molecule has 1 aromatic heterocycles. The van der Waals surface area contributed by atoms with E-state index in [1.54, 1.807) is 6.07 Å². The van der Waals surface area contributed by atoms with E-state index < -0.39 is 114 Å². The van der Waals surface area contributed by atoms with Crippen LogP contribution in [0.2, 0.25) is 0 Å². The van der Waals surface area contributed by atoms with E-state index >= 15 is 0 Å². The average Bonchev–Trinajstić information content (AvgIpc) is 3.56. The zero-order valence-corrected chi connectivity index (χ0v) is 30.6. The van der Waals surface area contributed by atoms with Crippen molar-refractivity contribution in [3.63, 3.8) is 0 Å². The molecule has 3 heterocycles. The molecule has 10 atom stereocenters. The van der Waals surface area contributed by atoms with Crippen molar-refractivity contribution in [3.05, 3.63) is 46.7 Å². The van der Waals surface area contributed by atoms with Crippen molar-refractivity contribution in [3.8, 4) is 11.3 Å². The number of rotatable bonds is 13. The Labute approximate surface area is 310 Å². The van der Waals surface area contributed by atoms with Crippen LogP contribution in [0, 0.1) is 5.82 Å². The predicted molar refractivity (Wildman–Crippen MR) is 178 cm³/mol. The first-order valence-corrected chi connectivity index (χ1v) is 17.2. The summed E-state index contributed by atoms with van der Waals surface area (Å²) in [5.41, 5.74) is 7.23. The molecule has 0 N–H and O–H groups in total. The number of carbonyl (C=O) groups is 6. The first-order chi connectivity index (χ1) is 25.6. The topological polar surface area (TPSA) is 256 Å². The number of ether oxygens (including phenoxy) is 8. The van der Waals surface area contributed by atoms with Gasteiger partial charge in [-0.25, -0.2) is 9.07 Å². The Morgan fingerprint density at radius 1 is 0.796 bits per heavy atom. The molecular formula is C32H37FN6O14S. The lowest BCUT2D eigenvalue weighted by Gasteiger charge is -2.48. The van der Waals surface area contributed by atoms with Gasteiger partial charge in [0, 0.05) is 52.0 Å². The van der Waals surface area contributed by atoms with Crippen molar-refractivity contribution in [2.45, 2.75) is 101 Å². The van der Waals surface area contributed by atoms with Crippen molar-refractivity contribution in [2.75, 3.05) is 13.2 Å². The summed E-state index contributed by atoms with van der Waals surface area (Å²) in [5, 5.41) is 12.1. The van der Waals surface area contributed by atoms with E-state index in [2.05, 4.69) is 20.3 Å². The second kappa shape index (κ2) is 18.6. The Balaban J connectivity index is 1.86. The minimum absolute atomic E-state index is 0.178. The fourth-order valence-electron chi connectivity index (χ4n) is 5.81. The molecule has 0 bridgehead atoms. The molecule has 5 unspecified atom stereocenters. The Bertz CT molecular complexity index is 1770. The number of carbonyl (C=O) groups excluding carboxylic acids is 6. The van der Waals surface area contributed by atoms with Crippen molar-refractivity contribution in [1.29, 1.82) is 0 Å². The van der Waals surface area contributed by atoms with Gasteiger partial charge in [-0.05, 0) is 17.7 Å². The maximum absolute atomic E-state index is 14.1. The van der Waals surface area contributed by atoms with Gasteiger partial charge in [0.15, 0.2) is 12.2 Å². The van der Waals surface area contributed by atoms with Crippen LogP contribution in [0.5, 0.6) is 0 Å². The van der Waals surface area contributed by atoms with E-state index in [1.807, 2.05) is 0 Å². The van der Waals surface area contributed by atoms with Crippen LogP contribution >= 0.6 is 11.8 Å². The third-order valence-corrected chi connectivity index (χ3v) is 9.03. The number of halogens is 1. The van der Waals surface area contributed by atoms with Gasteiger partial charge in [-0.1, -0.05) is 34.2 Å². The molecule has 54 heavy (non-hydrogen) atoms. The van der Waals surface area contributed by atoms with E-state index in [1.165, 1.54) is 29.1 Å². The van der Waals surface area contributed by atoms with Gasteiger partial charge in [-0.2, -0.15) is 0 Å². The normalized spacial score (nSPS) is 27.7.